The zero-order chi connectivity index (χ0) is 20.1. The van der Waals surface area contributed by atoms with Gasteiger partial charge in [0.1, 0.15) is 5.75 Å². The summed E-state index contributed by atoms with van der Waals surface area (Å²) in [5.74, 6) is 0.296. The van der Waals surface area contributed by atoms with Gasteiger partial charge in [0.25, 0.3) is 0 Å². The number of anilines is 2. The molecule has 1 fully saturated rings. The van der Waals surface area contributed by atoms with Crippen LogP contribution < -0.4 is 15.4 Å². The van der Waals surface area contributed by atoms with Gasteiger partial charge in [-0.05, 0) is 49.7 Å². The fraction of sp³-hybridized carbons (Fsp3) is 0.300. The van der Waals surface area contributed by atoms with E-state index in [1.165, 1.54) is 0 Å². The maximum atomic E-state index is 12.7. The molecule has 148 valence electrons. The zero-order valence-electron chi connectivity index (χ0n) is 15.4. The summed E-state index contributed by atoms with van der Waals surface area (Å²) in [6.07, 6.45) is 1.53. The molecule has 1 atom stereocenters. The smallest absolute Gasteiger partial charge is 0.241 e. The standard InChI is InChI=1S/C20H21Cl2N3O3/c1-28-15-5-2-4-14(11-15)23-19(26)12-25-9-3-6-18(25)20(27)24-17-8-7-13(21)10-16(17)22/h2,4-5,7-8,10-11,18H,3,6,9,12H2,1H3,(H,23,26)(H,24,27). The van der Waals surface area contributed by atoms with E-state index in [2.05, 4.69) is 10.6 Å². The summed E-state index contributed by atoms with van der Waals surface area (Å²) < 4.78 is 5.16. The van der Waals surface area contributed by atoms with Crippen LogP contribution in [0.2, 0.25) is 10.0 Å². The first-order valence-electron chi connectivity index (χ1n) is 8.90. The van der Waals surface area contributed by atoms with Gasteiger partial charge in [-0.3, -0.25) is 14.5 Å². The molecule has 2 aromatic carbocycles. The van der Waals surface area contributed by atoms with Gasteiger partial charge in [-0.1, -0.05) is 29.3 Å². The normalized spacial score (nSPS) is 16.6. The highest BCUT2D eigenvalue weighted by molar-refractivity contribution is 6.36. The topological polar surface area (TPSA) is 70.7 Å². The van der Waals surface area contributed by atoms with E-state index in [0.29, 0.717) is 40.1 Å². The summed E-state index contributed by atoms with van der Waals surface area (Å²) >= 11 is 12.0. The lowest BCUT2D eigenvalue weighted by Crippen LogP contribution is -2.43. The van der Waals surface area contributed by atoms with E-state index in [1.807, 2.05) is 4.90 Å². The van der Waals surface area contributed by atoms with Crippen LogP contribution in [0, 0.1) is 0 Å². The van der Waals surface area contributed by atoms with Gasteiger partial charge < -0.3 is 15.4 Å². The third kappa shape index (κ3) is 5.16. The number of nitrogens with zero attached hydrogens (tertiary/aromatic N) is 1. The molecule has 0 aliphatic carbocycles. The fourth-order valence-corrected chi connectivity index (χ4v) is 3.66. The van der Waals surface area contributed by atoms with Gasteiger partial charge in [0.05, 0.1) is 30.4 Å². The number of carbonyl (C=O) groups is 2. The van der Waals surface area contributed by atoms with Crippen molar-refractivity contribution in [1.29, 1.82) is 0 Å². The van der Waals surface area contributed by atoms with Crippen LogP contribution in [0.15, 0.2) is 42.5 Å². The molecular weight excluding hydrogens is 401 g/mol. The first-order chi connectivity index (χ1) is 13.5. The van der Waals surface area contributed by atoms with Gasteiger partial charge in [-0.2, -0.15) is 0 Å². The van der Waals surface area contributed by atoms with E-state index in [-0.39, 0.29) is 24.4 Å². The summed E-state index contributed by atoms with van der Waals surface area (Å²) in [6, 6.07) is 11.7. The van der Waals surface area contributed by atoms with Gasteiger partial charge in [0.2, 0.25) is 11.8 Å². The van der Waals surface area contributed by atoms with E-state index in [1.54, 1.807) is 49.6 Å². The van der Waals surface area contributed by atoms with Crippen molar-refractivity contribution in [2.24, 2.45) is 0 Å². The number of benzene rings is 2. The summed E-state index contributed by atoms with van der Waals surface area (Å²) in [7, 11) is 1.57. The average molecular weight is 422 g/mol. The molecule has 2 N–H and O–H groups in total. The molecule has 0 spiro atoms. The SMILES string of the molecule is COc1cccc(NC(=O)CN2CCCC2C(=O)Nc2ccc(Cl)cc2Cl)c1. The van der Waals surface area contributed by atoms with E-state index in [0.717, 1.165) is 6.42 Å². The molecule has 1 aliphatic rings. The van der Waals surface area contributed by atoms with Crippen LogP contribution in [-0.2, 0) is 9.59 Å². The number of likely N-dealkylation sites (tertiary alicyclic amines) is 1. The predicted octanol–water partition coefficient (Wildman–Crippen LogP) is 4.04. The second kappa shape index (κ2) is 9.28. The summed E-state index contributed by atoms with van der Waals surface area (Å²) in [6.45, 7) is 0.807. The van der Waals surface area contributed by atoms with Crippen molar-refractivity contribution < 1.29 is 14.3 Å². The number of nitrogens with one attached hydrogen (secondary N) is 2. The highest BCUT2D eigenvalue weighted by Gasteiger charge is 2.32. The van der Waals surface area contributed by atoms with Gasteiger partial charge >= 0.3 is 0 Å². The third-order valence-corrected chi connectivity index (χ3v) is 5.10. The van der Waals surface area contributed by atoms with Crippen molar-refractivity contribution in [1.82, 2.24) is 4.90 Å². The van der Waals surface area contributed by atoms with Crippen LogP contribution in [0.1, 0.15) is 12.8 Å². The fourth-order valence-electron chi connectivity index (χ4n) is 3.20. The van der Waals surface area contributed by atoms with Crippen molar-refractivity contribution in [3.63, 3.8) is 0 Å². The number of halogens is 2. The maximum absolute atomic E-state index is 12.7. The number of ether oxygens (including phenoxy) is 1. The molecule has 0 aromatic heterocycles. The molecular formula is C20H21Cl2N3O3. The monoisotopic (exact) mass is 421 g/mol. The largest absolute Gasteiger partial charge is 0.497 e. The van der Waals surface area contributed by atoms with E-state index in [9.17, 15) is 9.59 Å². The predicted molar refractivity (Wildman–Crippen MR) is 111 cm³/mol. The molecule has 2 aromatic rings. The Kier molecular flexibility index (Phi) is 6.78. The Morgan fingerprint density at radius 3 is 2.75 bits per heavy atom. The van der Waals surface area contributed by atoms with Gasteiger partial charge in [-0.15, -0.1) is 0 Å². The first kappa shape index (κ1) is 20.5. The summed E-state index contributed by atoms with van der Waals surface area (Å²) in [5, 5.41) is 6.54. The van der Waals surface area contributed by atoms with Gasteiger partial charge in [0.15, 0.2) is 0 Å². The molecule has 1 heterocycles. The lowest BCUT2D eigenvalue weighted by Gasteiger charge is -2.23. The molecule has 0 radical (unpaired) electrons. The van der Waals surface area contributed by atoms with Crippen LogP contribution in [0.25, 0.3) is 0 Å². The number of hydrogen-bond acceptors (Lipinski definition) is 4. The van der Waals surface area contributed by atoms with Crippen LogP contribution in [0.5, 0.6) is 5.75 Å². The minimum Gasteiger partial charge on any atom is -0.497 e. The molecule has 28 heavy (non-hydrogen) atoms. The highest BCUT2D eigenvalue weighted by atomic mass is 35.5. The van der Waals surface area contributed by atoms with Gasteiger partial charge in [-0.25, -0.2) is 0 Å². The minimum absolute atomic E-state index is 0.129. The van der Waals surface area contributed by atoms with Crippen LogP contribution in [0.4, 0.5) is 11.4 Å². The van der Waals surface area contributed by atoms with E-state index >= 15 is 0 Å². The number of amides is 2. The Hall–Kier alpha value is -2.28. The number of methoxy groups -OCH3 is 1. The van der Waals surface area contributed by atoms with Crippen LogP contribution >= 0.6 is 23.2 Å². The molecule has 6 nitrogen and oxygen atoms in total. The van der Waals surface area contributed by atoms with Gasteiger partial charge in [0, 0.05) is 16.8 Å². The van der Waals surface area contributed by atoms with Crippen molar-refractivity contribution in [3.8, 4) is 5.75 Å². The molecule has 8 heteroatoms. The molecule has 0 saturated carbocycles. The molecule has 0 bridgehead atoms. The second-order valence-corrected chi connectivity index (χ2v) is 7.37. The quantitative estimate of drug-likeness (QED) is 0.737. The van der Waals surface area contributed by atoms with Crippen molar-refractivity contribution >= 4 is 46.4 Å². The zero-order valence-corrected chi connectivity index (χ0v) is 16.9. The molecule has 1 saturated heterocycles. The Morgan fingerprint density at radius 2 is 2.00 bits per heavy atom. The average Bonchev–Trinajstić information content (AvgIpc) is 3.12. The summed E-state index contributed by atoms with van der Waals surface area (Å²) in [4.78, 5) is 27.0. The number of hydrogen-bond donors (Lipinski definition) is 2. The molecule has 1 aliphatic heterocycles. The number of rotatable bonds is 6. The van der Waals surface area contributed by atoms with Crippen LogP contribution in [0.3, 0.4) is 0 Å². The van der Waals surface area contributed by atoms with E-state index < -0.39 is 0 Å². The van der Waals surface area contributed by atoms with Crippen molar-refractivity contribution in [3.05, 3.63) is 52.5 Å². The lowest BCUT2D eigenvalue weighted by atomic mass is 10.2. The lowest BCUT2D eigenvalue weighted by molar-refractivity contribution is -0.122. The van der Waals surface area contributed by atoms with Crippen molar-refractivity contribution in [2.45, 2.75) is 18.9 Å². The Bertz CT molecular complexity index is 876. The first-order valence-corrected chi connectivity index (χ1v) is 9.66. The Balaban J connectivity index is 1.60. The second-order valence-electron chi connectivity index (χ2n) is 6.52. The maximum Gasteiger partial charge on any atom is 0.241 e. The molecule has 1 unspecified atom stereocenters. The summed E-state index contributed by atoms with van der Waals surface area (Å²) in [5.41, 5.74) is 1.15. The molecule has 3 rings (SSSR count). The number of carbonyl (C=O) groups excluding carboxylic acids is 2. The Labute approximate surface area is 173 Å². The van der Waals surface area contributed by atoms with Crippen LogP contribution in [-0.4, -0.2) is 43.0 Å². The minimum atomic E-state index is -0.386. The highest BCUT2D eigenvalue weighted by Crippen LogP contribution is 2.27. The Morgan fingerprint density at radius 1 is 1.18 bits per heavy atom. The van der Waals surface area contributed by atoms with Crippen molar-refractivity contribution in [2.75, 3.05) is 30.8 Å². The van der Waals surface area contributed by atoms with E-state index in [4.69, 9.17) is 27.9 Å². The third-order valence-electron chi connectivity index (χ3n) is 4.56. The molecule has 2 amide bonds.